The molecule has 2 aromatic rings. The number of hydrogen-bond acceptors (Lipinski definition) is 8. The van der Waals surface area contributed by atoms with Gasteiger partial charge in [0.2, 0.25) is 10.0 Å². The van der Waals surface area contributed by atoms with Gasteiger partial charge in [0, 0.05) is 41.3 Å². The molecule has 1 aromatic carbocycles. The molecule has 1 aromatic heterocycles. The lowest BCUT2D eigenvalue weighted by molar-refractivity contribution is -0.136. The number of carbonyl (C=O) groups excluding carboxylic acids is 1. The number of amidine groups is 1. The molecule has 0 spiro atoms. The van der Waals surface area contributed by atoms with Gasteiger partial charge in [-0.25, -0.2) is 27.3 Å². The Bertz CT molecular complexity index is 1190. The summed E-state index contributed by atoms with van der Waals surface area (Å²) in [5, 5.41) is 3.03. The Morgan fingerprint density at radius 1 is 1.35 bits per heavy atom. The molecule has 2 aliphatic rings. The number of ether oxygens (including phenoxy) is 1. The van der Waals surface area contributed by atoms with Gasteiger partial charge in [0.25, 0.3) is 0 Å². The molecule has 1 fully saturated rings. The zero-order chi connectivity index (χ0) is 25.1. The summed E-state index contributed by atoms with van der Waals surface area (Å²) in [5.74, 6) is -0.0659. The van der Waals surface area contributed by atoms with E-state index in [-0.39, 0.29) is 18.4 Å². The van der Waals surface area contributed by atoms with E-state index >= 15 is 0 Å². The Balaban J connectivity index is 0.000000343. The van der Waals surface area contributed by atoms with Gasteiger partial charge in [-0.05, 0) is 39.0 Å². The minimum atomic E-state index is -3.51. The van der Waals surface area contributed by atoms with Crippen LogP contribution in [0.25, 0.3) is 0 Å². The van der Waals surface area contributed by atoms with Crippen LogP contribution < -0.4 is 4.72 Å². The molecule has 1 atom stereocenters. The number of nitrogens with one attached hydrogen (secondary N) is 1. The van der Waals surface area contributed by atoms with Crippen molar-refractivity contribution in [1.29, 1.82) is 0 Å². The fourth-order valence-corrected chi connectivity index (χ4v) is 5.11. The number of aliphatic imine (C=N–C) groups is 1. The molecule has 12 heteroatoms. The standard InChI is InChI=1S/C16H22N4O4S2.C6H4ClF/c1-16(2,3)26(22,23)19-10-7-12-11(15(21)24-4)8-18-13(20(12)9-10)14-17-5-6-25-14;7-5-2-1-3-6(8)4-5/h5-6,10,19H,7-9H2,1-4H3;1-4H. The minimum absolute atomic E-state index is 0.201. The first kappa shape index (κ1) is 26.3. The lowest BCUT2D eigenvalue weighted by Gasteiger charge is -2.26. The SMILES string of the molecule is COC(=O)C1=C2CC(NS(=O)(=O)C(C)(C)C)CN2C(c2nccs2)=NC1.Fc1cccc(Cl)c1. The van der Waals surface area contributed by atoms with Gasteiger partial charge in [-0.15, -0.1) is 11.3 Å². The first-order chi connectivity index (χ1) is 15.9. The highest BCUT2D eigenvalue weighted by molar-refractivity contribution is 7.90. The summed E-state index contributed by atoms with van der Waals surface area (Å²) in [4.78, 5) is 22.8. The number of halogens is 2. The number of fused-ring (bicyclic) bond motifs is 1. The number of thiazole rings is 1. The number of hydrogen-bond donors (Lipinski definition) is 1. The van der Waals surface area contributed by atoms with Crippen LogP contribution in [0.4, 0.5) is 4.39 Å². The van der Waals surface area contributed by atoms with Gasteiger partial charge in [-0.2, -0.15) is 0 Å². The summed E-state index contributed by atoms with van der Waals surface area (Å²) < 4.78 is 43.8. The molecule has 184 valence electrons. The Hall–Kier alpha value is -2.34. The number of rotatable bonds is 4. The van der Waals surface area contributed by atoms with Crippen molar-refractivity contribution in [1.82, 2.24) is 14.6 Å². The molecule has 1 N–H and O–H groups in total. The zero-order valence-corrected chi connectivity index (χ0v) is 21.6. The Morgan fingerprint density at radius 2 is 2.09 bits per heavy atom. The number of sulfonamides is 1. The Labute approximate surface area is 207 Å². The van der Waals surface area contributed by atoms with Crippen LogP contribution in [0.15, 0.2) is 52.1 Å². The van der Waals surface area contributed by atoms with Gasteiger partial charge >= 0.3 is 5.97 Å². The zero-order valence-electron chi connectivity index (χ0n) is 19.2. The molecule has 0 bridgehead atoms. The molecular weight excluding hydrogens is 503 g/mol. The maximum Gasteiger partial charge on any atom is 0.337 e. The van der Waals surface area contributed by atoms with E-state index in [1.165, 1.54) is 30.6 Å². The summed E-state index contributed by atoms with van der Waals surface area (Å²) in [6.45, 7) is 5.55. The highest BCUT2D eigenvalue weighted by Crippen LogP contribution is 2.32. The number of benzene rings is 1. The third-order valence-corrected chi connectivity index (χ3v) is 8.39. The smallest absolute Gasteiger partial charge is 0.337 e. The molecule has 1 unspecified atom stereocenters. The van der Waals surface area contributed by atoms with Crippen molar-refractivity contribution in [2.75, 3.05) is 20.2 Å². The van der Waals surface area contributed by atoms with Gasteiger partial charge < -0.3 is 9.64 Å². The van der Waals surface area contributed by atoms with Crippen molar-refractivity contribution in [2.24, 2.45) is 4.99 Å². The molecule has 0 radical (unpaired) electrons. The molecule has 8 nitrogen and oxygen atoms in total. The number of methoxy groups -OCH3 is 1. The van der Waals surface area contributed by atoms with Crippen LogP contribution in [-0.2, 0) is 19.6 Å². The molecule has 0 amide bonds. The summed E-state index contributed by atoms with van der Waals surface area (Å²) in [5.41, 5.74) is 1.21. The first-order valence-corrected chi connectivity index (χ1v) is 13.1. The molecule has 3 heterocycles. The monoisotopic (exact) mass is 528 g/mol. The lowest BCUT2D eigenvalue weighted by Crippen LogP contribution is -2.46. The number of aromatic nitrogens is 1. The average molecular weight is 529 g/mol. The molecule has 34 heavy (non-hydrogen) atoms. The summed E-state index contributed by atoms with van der Waals surface area (Å²) in [6.07, 6.45) is 2.10. The lowest BCUT2D eigenvalue weighted by atomic mass is 10.1. The van der Waals surface area contributed by atoms with Gasteiger partial charge in [0.1, 0.15) is 5.82 Å². The van der Waals surface area contributed by atoms with E-state index in [4.69, 9.17) is 16.3 Å². The second-order valence-corrected chi connectivity index (χ2v) is 12.4. The van der Waals surface area contributed by atoms with E-state index < -0.39 is 20.7 Å². The predicted octanol–water partition coefficient (Wildman–Crippen LogP) is 3.60. The van der Waals surface area contributed by atoms with Gasteiger partial charge in [-0.3, -0.25) is 4.99 Å². The van der Waals surface area contributed by atoms with Crippen molar-refractivity contribution >= 4 is 44.8 Å². The van der Waals surface area contributed by atoms with Crippen molar-refractivity contribution in [3.05, 3.63) is 63.0 Å². The highest BCUT2D eigenvalue weighted by atomic mass is 35.5. The molecular formula is C22H26ClFN4O4S2. The third-order valence-electron chi connectivity index (χ3n) is 5.13. The second-order valence-electron chi connectivity index (χ2n) is 8.58. The first-order valence-electron chi connectivity index (χ1n) is 10.4. The van der Waals surface area contributed by atoms with Crippen LogP contribution in [0.5, 0.6) is 0 Å². The van der Waals surface area contributed by atoms with E-state index in [1.54, 1.807) is 39.1 Å². The Morgan fingerprint density at radius 3 is 2.62 bits per heavy atom. The summed E-state index contributed by atoms with van der Waals surface area (Å²) in [7, 11) is -2.18. The van der Waals surface area contributed by atoms with Crippen LogP contribution >= 0.6 is 22.9 Å². The number of carbonyl (C=O) groups is 1. The average Bonchev–Trinajstić information content (AvgIpc) is 3.41. The molecule has 1 saturated heterocycles. The number of esters is 1. The molecule has 2 aliphatic heterocycles. The second kappa shape index (κ2) is 10.5. The van der Waals surface area contributed by atoms with Crippen LogP contribution in [0.3, 0.4) is 0 Å². The normalized spacial score (nSPS) is 18.1. The van der Waals surface area contributed by atoms with Crippen LogP contribution in [-0.4, -0.2) is 61.1 Å². The summed E-state index contributed by atoms with van der Waals surface area (Å²) >= 11 is 6.86. The number of nitrogens with zero attached hydrogens (tertiary/aromatic N) is 3. The fraction of sp³-hybridized carbons (Fsp3) is 0.409. The van der Waals surface area contributed by atoms with Crippen molar-refractivity contribution in [3.8, 4) is 0 Å². The minimum Gasteiger partial charge on any atom is -0.466 e. The van der Waals surface area contributed by atoms with Crippen LogP contribution in [0, 0.1) is 5.82 Å². The highest BCUT2D eigenvalue weighted by Gasteiger charge is 2.40. The van der Waals surface area contributed by atoms with Crippen molar-refractivity contribution in [2.45, 2.75) is 38.0 Å². The largest absolute Gasteiger partial charge is 0.466 e. The third kappa shape index (κ3) is 6.01. The maximum absolute atomic E-state index is 12.5. The topological polar surface area (TPSA) is 101 Å². The van der Waals surface area contributed by atoms with E-state index in [2.05, 4.69) is 14.7 Å². The van der Waals surface area contributed by atoms with Crippen molar-refractivity contribution in [3.63, 3.8) is 0 Å². The fourth-order valence-electron chi connectivity index (χ4n) is 3.33. The molecule has 0 saturated carbocycles. The van der Waals surface area contributed by atoms with Gasteiger partial charge in [0.15, 0.2) is 10.8 Å². The van der Waals surface area contributed by atoms with Crippen LogP contribution in [0.2, 0.25) is 5.02 Å². The molecule has 4 rings (SSSR count). The van der Waals surface area contributed by atoms with E-state index in [1.807, 2.05) is 10.3 Å². The predicted molar refractivity (Wildman–Crippen MR) is 131 cm³/mol. The van der Waals surface area contributed by atoms with Crippen LogP contribution in [0.1, 0.15) is 32.2 Å². The summed E-state index contributed by atoms with van der Waals surface area (Å²) in [6, 6.07) is 5.47. The van der Waals surface area contributed by atoms with Crippen molar-refractivity contribution < 1.29 is 22.3 Å². The van der Waals surface area contributed by atoms with E-state index in [9.17, 15) is 17.6 Å². The van der Waals surface area contributed by atoms with Gasteiger partial charge in [0.05, 0.1) is 24.0 Å². The van der Waals surface area contributed by atoms with Gasteiger partial charge in [-0.1, -0.05) is 17.7 Å². The molecule has 0 aliphatic carbocycles. The van der Waals surface area contributed by atoms with E-state index in [0.29, 0.717) is 29.4 Å². The maximum atomic E-state index is 12.5. The van der Waals surface area contributed by atoms with E-state index in [0.717, 1.165) is 10.7 Å². The Kier molecular flexibility index (Phi) is 8.12. The quantitative estimate of drug-likeness (QED) is 0.608.